The highest BCUT2D eigenvalue weighted by molar-refractivity contribution is 6.30. The van der Waals surface area contributed by atoms with E-state index in [9.17, 15) is 5.11 Å². The number of rotatable bonds is 5. The van der Waals surface area contributed by atoms with E-state index in [0.717, 1.165) is 17.0 Å². The Morgan fingerprint density at radius 1 is 1.33 bits per heavy atom. The topological polar surface area (TPSA) is 47.3 Å². The number of hydrogen-bond acceptors (Lipinski definition) is 3. The van der Waals surface area contributed by atoms with E-state index in [-0.39, 0.29) is 5.92 Å². The molecule has 0 aliphatic heterocycles. The van der Waals surface area contributed by atoms with Crippen LogP contribution in [0.3, 0.4) is 0 Å². The van der Waals surface area contributed by atoms with Crippen LogP contribution in [-0.4, -0.2) is 22.0 Å². The van der Waals surface area contributed by atoms with Crippen molar-refractivity contribution in [2.45, 2.75) is 32.3 Å². The molecule has 0 amide bonds. The number of nitrogens with zero attached hydrogens (tertiary/aromatic N) is 2. The molecule has 0 fully saturated rings. The zero-order valence-corrected chi connectivity index (χ0v) is 13.6. The van der Waals surface area contributed by atoms with E-state index in [1.165, 1.54) is 0 Å². The third-order valence-corrected chi connectivity index (χ3v) is 3.97. The van der Waals surface area contributed by atoms with Gasteiger partial charge in [0, 0.05) is 19.0 Å². The molecule has 0 radical (unpaired) electrons. The molecule has 0 bridgehead atoms. The van der Waals surface area contributed by atoms with Crippen LogP contribution in [0.2, 0.25) is 5.15 Å². The first-order chi connectivity index (χ1) is 9.95. The molecule has 0 saturated carbocycles. The minimum Gasteiger partial charge on any atom is -0.496 e. The minimum atomic E-state index is -0.708. The molecule has 21 heavy (non-hydrogen) atoms. The number of hydrogen-bond donors (Lipinski definition) is 1. The summed E-state index contributed by atoms with van der Waals surface area (Å²) in [7, 11) is 3.41. The number of ether oxygens (including phenoxy) is 1. The molecule has 114 valence electrons. The number of para-hydroxylation sites is 1. The third-order valence-electron chi connectivity index (χ3n) is 3.53. The Morgan fingerprint density at radius 3 is 2.62 bits per heavy atom. The van der Waals surface area contributed by atoms with Crippen molar-refractivity contribution in [1.82, 2.24) is 9.78 Å². The number of aromatic nitrogens is 2. The van der Waals surface area contributed by atoms with E-state index < -0.39 is 6.10 Å². The first-order valence-corrected chi connectivity index (χ1v) is 7.35. The minimum absolute atomic E-state index is 0.200. The standard InChI is InChI=1S/C16H21ClN2O2/c1-10(2)15-14(16(17)19(3)18-15)12(20)9-11-7-5-6-8-13(11)21-4/h5-8,10,12,20H,9H2,1-4H3. The maximum absolute atomic E-state index is 10.6. The van der Waals surface area contributed by atoms with Crippen LogP contribution in [0, 0.1) is 0 Å². The second kappa shape index (κ2) is 6.50. The van der Waals surface area contributed by atoms with Gasteiger partial charge in [-0.05, 0) is 17.5 Å². The number of benzene rings is 1. The van der Waals surface area contributed by atoms with Crippen molar-refractivity contribution in [2.75, 3.05) is 7.11 Å². The molecule has 1 unspecified atom stereocenters. The van der Waals surface area contributed by atoms with E-state index in [1.807, 2.05) is 38.1 Å². The summed E-state index contributed by atoms with van der Waals surface area (Å²) in [5.41, 5.74) is 2.49. The summed E-state index contributed by atoms with van der Waals surface area (Å²) in [6.07, 6.45) is -0.269. The van der Waals surface area contributed by atoms with Crippen LogP contribution in [0.25, 0.3) is 0 Å². The van der Waals surface area contributed by atoms with Gasteiger partial charge in [0.15, 0.2) is 0 Å². The molecular formula is C16H21ClN2O2. The fourth-order valence-corrected chi connectivity index (χ4v) is 2.72. The Kier molecular flexibility index (Phi) is 4.91. The smallest absolute Gasteiger partial charge is 0.132 e. The first-order valence-electron chi connectivity index (χ1n) is 6.98. The maximum Gasteiger partial charge on any atom is 0.132 e. The molecule has 5 heteroatoms. The average Bonchev–Trinajstić information content (AvgIpc) is 2.76. The molecule has 1 aromatic carbocycles. The second-order valence-electron chi connectivity index (χ2n) is 5.40. The van der Waals surface area contributed by atoms with E-state index in [4.69, 9.17) is 16.3 Å². The summed E-state index contributed by atoms with van der Waals surface area (Å²) in [5.74, 6) is 0.966. The third kappa shape index (κ3) is 3.22. The molecule has 1 atom stereocenters. The molecule has 1 heterocycles. The first kappa shape index (κ1) is 15.9. The number of aliphatic hydroxyl groups excluding tert-OH is 1. The lowest BCUT2D eigenvalue weighted by molar-refractivity contribution is 0.176. The SMILES string of the molecule is COc1ccccc1CC(O)c1c(C(C)C)nn(C)c1Cl. The van der Waals surface area contributed by atoms with Gasteiger partial charge in [0.2, 0.25) is 0 Å². The molecule has 1 N–H and O–H groups in total. The number of aliphatic hydroxyl groups is 1. The monoisotopic (exact) mass is 308 g/mol. The van der Waals surface area contributed by atoms with Crippen molar-refractivity contribution in [3.8, 4) is 5.75 Å². The van der Waals surface area contributed by atoms with Crippen molar-refractivity contribution in [3.63, 3.8) is 0 Å². The van der Waals surface area contributed by atoms with Crippen LogP contribution in [0.15, 0.2) is 24.3 Å². The normalized spacial score (nSPS) is 12.7. The van der Waals surface area contributed by atoms with Crippen LogP contribution in [0.4, 0.5) is 0 Å². The predicted octanol–water partition coefficient (Wildman–Crippen LogP) is 3.48. The summed E-state index contributed by atoms with van der Waals surface area (Å²) in [6.45, 7) is 4.08. The largest absolute Gasteiger partial charge is 0.496 e. The average molecular weight is 309 g/mol. The summed E-state index contributed by atoms with van der Waals surface area (Å²) >= 11 is 6.30. The van der Waals surface area contributed by atoms with Gasteiger partial charge < -0.3 is 9.84 Å². The Bertz CT molecular complexity index is 623. The van der Waals surface area contributed by atoms with Crippen molar-refractivity contribution in [2.24, 2.45) is 7.05 Å². The van der Waals surface area contributed by atoms with Crippen molar-refractivity contribution < 1.29 is 9.84 Å². The number of methoxy groups -OCH3 is 1. The maximum atomic E-state index is 10.6. The number of aryl methyl sites for hydroxylation is 1. The molecule has 0 spiro atoms. The fraction of sp³-hybridized carbons (Fsp3) is 0.438. The lowest BCUT2D eigenvalue weighted by atomic mass is 9.97. The highest BCUT2D eigenvalue weighted by Crippen LogP contribution is 2.33. The highest BCUT2D eigenvalue weighted by atomic mass is 35.5. The Morgan fingerprint density at radius 2 is 2.00 bits per heavy atom. The molecule has 0 aliphatic rings. The van der Waals surface area contributed by atoms with E-state index >= 15 is 0 Å². The van der Waals surface area contributed by atoms with Gasteiger partial charge in [-0.1, -0.05) is 43.6 Å². The lowest BCUT2D eigenvalue weighted by Gasteiger charge is -2.15. The van der Waals surface area contributed by atoms with Gasteiger partial charge in [-0.3, -0.25) is 4.68 Å². The number of halogens is 1. The van der Waals surface area contributed by atoms with Crippen molar-refractivity contribution in [1.29, 1.82) is 0 Å². The molecule has 4 nitrogen and oxygen atoms in total. The van der Waals surface area contributed by atoms with Crippen LogP contribution < -0.4 is 4.74 Å². The summed E-state index contributed by atoms with van der Waals surface area (Å²) in [4.78, 5) is 0. The van der Waals surface area contributed by atoms with Gasteiger partial charge in [0.25, 0.3) is 0 Å². The van der Waals surface area contributed by atoms with Crippen LogP contribution in [-0.2, 0) is 13.5 Å². The zero-order chi connectivity index (χ0) is 15.6. The van der Waals surface area contributed by atoms with Crippen molar-refractivity contribution in [3.05, 3.63) is 46.2 Å². The predicted molar refractivity (Wildman–Crippen MR) is 84.0 cm³/mol. The molecule has 1 aromatic heterocycles. The fourth-order valence-electron chi connectivity index (χ4n) is 2.46. The Hall–Kier alpha value is -1.52. The Labute approximate surface area is 130 Å². The molecule has 2 aromatic rings. The van der Waals surface area contributed by atoms with Gasteiger partial charge in [-0.25, -0.2) is 0 Å². The lowest BCUT2D eigenvalue weighted by Crippen LogP contribution is -2.06. The highest BCUT2D eigenvalue weighted by Gasteiger charge is 2.24. The van der Waals surface area contributed by atoms with Gasteiger partial charge in [-0.2, -0.15) is 5.10 Å². The van der Waals surface area contributed by atoms with Crippen LogP contribution >= 0.6 is 11.6 Å². The molecular weight excluding hydrogens is 288 g/mol. The quantitative estimate of drug-likeness (QED) is 0.920. The van der Waals surface area contributed by atoms with Gasteiger partial charge in [-0.15, -0.1) is 0 Å². The van der Waals surface area contributed by atoms with Crippen molar-refractivity contribution >= 4 is 11.6 Å². The summed E-state index contributed by atoms with van der Waals surface area (Å²) in [5, 5.41) is 15.5. The summed E-state index contributed by atoms with van der Waals surface area (Å²) in [6, 6.07) is 7.67. The molecule has 0 saturated heterocycles. The van der Waals surface area contributed by atoms with Crippen LogP contribution in [0.5, 0.6) is 5.75 Å². The zero-order valence-electron chi connectivity index (χ0n) is 12.8. The van der Waals surface area contributed by atoms with Gasteiger partial charge in [0.05, 0.1) is 18.9 Å². The second-order valence-corrected chi connectivity index (χ2v) is 5.76. The van der Waals surface area contributed by atoms with Gasteiger partial charge in [0.1, 0.15) is 10.9 Å². The molecule has 0 aliphatic carbocycles. The van der Waals surface area contributed by atoms with Crippen LogP contribution in [0.1, 0.15) is 42.7 Å². The Balaban J connectivity index is 2.34. The van der Waals surface area contributed by atoms with E-state index in [2.05, 4.69) is 5.10 Å². The van der Waals surface area contributed by atoms with E-state index in [0.29, 0.717) is 17.1 Å². The van der Waals surface area contributed by atoms with E-state index in [1.54, 1.807) is 18.8 Å². The van der Waals surface area contributed by atoms with Gasteiger partial charge >= 0.3 is 0 Å². The summed E-state index contributed by atoms with van der Waals surface area (Å²) < 4.78 is 6.94. The molecule has 2 rings (SSSR count).